The molecule has 2 aliphatic heterocycles. The Labute approximate surface area is 169 Å². The fourth-order valence-electron chi connectivity index (χ4n) is 3.39. The van der Waals surface area contributed by atoms with E-state index >= 15 is 0 Å². The maximum atomic E-state index is 13.0. The van der Waals surface area contributed by atoms with Crippen LogP contribution in [0.25, 0.3) is 11.4 Å². The number of aromatic nitrogens is 2. The van der Waals surface area contributed by atoms with Gasteiger partial charge >= 0.3 is 0 Å². The molecule has 2 amide bonds. The summed E-state index contributed by atoms with van der Waals surface area (Å²) in [5.41, 5.74) is 1.21. The highest BCUT2D eigenvalue weighted by molar-refractivity contribution is 6.31. The fourth-order valence-corrected chi connectivity index (χ4v) is 3.57. The van der Waals surface area contributed by atoms with Crippen molar-refractivity contribution in [3.05, 3.63) is 65.5 Å². The first-order valence-electron chi connectivity index (χ1n) is 8.80. The van der Waals surface area contributed by atoms with Gasteiger partial charge in [0.1, 0.15) is 6.54 Å². The van der Waals surface area contributed by atoms with Crippen LogP contribution >= 0.6 is 11.6 Å². The minimum atomic E-state index is -0.905. The van der Waals surface area contributed by atoms with Gasteiger partial charge in [0.25, 0.3) is 11.8 Å². The van der Waals surface area contributed by atoms with Gasteiger partial charge in [0.05, 0.1) is 5.69 Å². The van der Waals surface area contributed by atoms with Crippen LogP contribution in [-0.2, 0) is 16.1 Å². The second-order valence-electron chi connectivity index (χ2n) is 6.56. The predicted octanol–water partition coefficient (Wildman–Crippen LogP) is 2.88. The van der Waals surface area contributed by atoms with Gasteiger partial charge in [-0.1, -0.05) is 58.4 Å². The number of carbonyl (C=O) groups is 2. The van der Waals surface area contributed by atoms with E-state index in [0.717, 1.165) is 10.5 Å². The number of carbonyl (C=O) groups excluding carboxylic acids is 2. The number of hydrogen-bond donors (Lipinski definition) is 0. The van der Waals surface area contributed by atoms with Crippen molar-refractivity contribution >= 4 is 29.1 Å². The average Bonchev–Trinajstić information content (AvgIpc) is 3.41. The van der Waals surface area contributed by atoms with Gasteiger partial charge in [0, 0.05) is 10.6 Å². The number of halogens is 1. The summed E-state index contributed by atoms with van der Waals surface area (Å²) in [5, 5.41) is 13.8. The Kier molecular flexibility index (Phi) is 4.09. The monoisotopic (exact) mass is 408 g/mol. The van der Waals surface area contributed by atoms with E-state index in [0.29, 0.717) is 16.5 Å². The third-order valence-corrected chi connectivity index (χ3v) is 4.96. The third-order valence-electron chi connectivity index (χ3n) is 4.72. The summed E-state index contributed by atoms with van der Waals surface area (Å²) < 4.78 is 5.29. The van der Waals surface area contributed by atoms with E-state index in [-0.39, 0.29) is 12.4 Å². The fraction of sp³-hybridized carbons (Fsp3) is 0.158. The molecule has 29 heavy (non-hydrogen) atoms. The quantitative estimate of drug-likeness (QED) is 0.615. The number of amides is 2. The van der Waals surface area contributed by atoms with Crippen molar-refractivity contribution in [3.8, 4) is 11.4 Å². The van der Waals surface area contributed by atoms with Crippen molar-refractivity contribution in [1.29, 1.82) is 0 Å². The lowest BCUT2D eigenvalue weighted by Crippen LogP contribution is -2.39. The van der Waals surface area contributed by atoms with Crippen LogP contribution in [0.3, 0.4) is 0 Å². The van der Waals surface area contributed by atoms with Gasteiger partial charge in [-0.2, -0.15) is 10.1 Å². The summed E-state index contributed by atoms with van der Waals surface area (Å²) in [6.45, 7) is 0.0624. The normalized spacial score (nSPS) is 20.6. The van der Waals surface area contributed by atoms with Gasteiger partial charge in [-0.15, -0.1) is 0 Å². The molecule has 3 heterocycles. The molecule has 10 heteroatoms. The summed E-state index contributed by atoms with van der Waals surface area (Å²) >= 11 is 6.00. The summed E-state index contributed by atoms with van der Waals surface area (Å²) in [4.78, 5) is 31.1. The van der Waals surface area contributed by atoms with Crippen LogP contribution in [-0.4, -0.2) is 39.0 Å². The number of benzene rings is 2. The van der Waals surface area contributed by atoms with Crippen LogP contribution in [0.5, 0.6) is 0 Å². The predicted molar refractivity (Wildman–Crippen MR) is 102 cm³/mol. The number of fused-ring (bicyclic) bond motifs is 1. The van der Waals surface area contributed by atoms with Gasteiger partial charge in [-0.3, -0.25) is 14.6 Å². The topological polar surface area (TPSA) is 104 Å². The molecule has 1 saturated heterocycles. The van der Waals surface area contributed by atoms with Crippen LogP contribution in [0.1, 0.15) is 5.89 Å². The summed E-state index contributed by atoms with van der Waals surface area (Å²) in [6.07, 6.45) is 0. The second kappa shape index (κ2) is 6.78. The lowest BCUT2D eigenvalue weighted by atomic mass is 10.1. The Bertz CT molecular complexity index is 1130. The Morgan fingerprint density at radius 2 is 1.86 bits per heavy atom. The summed E-state index contributed by atoms with van der Waals surface area (Å²) in [5.74, 6) is -0.161. The molecule has 1 aromatic heterocycles. The lowest BCUT2D eigenvalue weighted by Gasteiger charge is -2.19. The average molecular weight is 409 g/mol. The van der Waals surface area contributed by atoms with Crippen molar-refractivity contribution in [1.82, 2.24) is 15.1 Å². The lowest BCUT2D eigenvalue weighted by molar-refractivity contribution is -0.123. The molecule has 3 aromatic rings. The summed E-state index contributed by atoms with van der Waals surface area (Å²) in [7, 11) is 0. The standard InChI is InChI=1S/C19H13ClN6O3/c20-12-7-4-8-13(9-12)26-18(27)15-16(19(26)28)25(24-22-15)10-14-21-17(23-29-14)11-5-2-1-3-6-11/h1-9,15-16H,10H2/t15-,16+/m0/s1. The molecule has 9 nitrogen and oxygen atoms in total. The number of nitrogens with zero attached hydrogens (tertiary/aromatic N) is 6. The van der Waals surface area contributed by atoms with E-state index in [2.05, 4.69) is 20.5 Å². The van der Waals surface area contributed by atoms with Gasteiger partial charge in [0.2, 0.25) is 11.7 Å². The minimum absolute atomic E-state index is 0.0624. The van der Waals surface area contributed by atoms with Crippen molar-refractivity contribution in [2.75, 3.05) is 4.90 Å². The molecule has 0 aliphatic carbocycles. The van der Waals surface area contributed by atoms with Crippen LogP contribution in [0.2, 0.25) is 5.02 Å². The summed E-state index contributed by atoms with van der Waals surface area (Å²) in [6, 6.07) is 14.2. The molecule has 5 rings (SSSR count). The van der Waals surface area contributed by atoms with Crippen molar-refractivity contribution < 1.29 is 14.1 Å². The van der Waals surface area contributed by atoms with Crippen molar-refractivity contribution in [2.24, 2.45) is 10.3 Å². The largest absolute Gasteiger partial charge is 0.337 e. The van der Waals surface area contributed by atoms with Gasteiger partial charge in [-0.25, -0.2) is 4.90 Å². The van der Waals surface area contributed by atoms with Gasteiger partial charge < -0.3 is 4.52 Å². The zero-order chi connectivity index (χ0) is 20.0. The highest BCUT2D eigenvalue weighted by atomic mass is 35.5. The number of anilines is 1. The first-order valence-corrected chi connectivity index (χ1v) is 9.18. The molecule has 0 saturated carbocycles. The Morgan fingerprint density at radius 3 is 2.66 bits per heavy atom. The molecule has 144 valence electrons. The zero-order valence-corrected chi connectivity index (χ0v) is 15.6. The van der Waals surface area contributed by atoms with Gasteiger partial charge in [0.15, 0.2) is 12.1 Å². The molecule has 0 N–H and O–H groups in total. The molecule has 0 spiro atoms. The van der Waals surface area contributed by atoms with E-state index in [9.17, 15) is 9.59 Å². The zero-order valence-electron chi connectivity index (χ0n) is 14.8. The third kappa shape index (κ3) is 2.95. The molecule has 2 atom stereocenters. The first kappa shape index (κ1) is 17.5. The van der Waals surface area contributed by atoms with Crippen LogP contribution < -0.4 is 4.90 Å². The van der Waals surface area contributed by atoms with Gasteiger partial charge in [-0.05, 0) is 18.2 Å². The molecule has 0 unspecified atom stereocenters. The van der Waals surface area contributed by atoms with Crippen molar-refractivity contribution in [2.45, 2.75) is 18.6 Å². The van der Waals surface area contributed by atoms with Crippen molar-refractivity contribution in [3.63, 3.8) is 0 Å². The van der Waals surface area contributed by atoms with Crippen LogP contribution in [0.15, 0.2) is 69.5 Å². The van der Waals surface area contributed by atoms with E-state index in [4.69, 9.17) is 16.1 Å². The van der Waals surface area contributed by atoms with E-state index in [1.54, 1.807) is 24.3 Å². The molecule has 0 radical (unpaired) electrons. The van der Waals surface area contributed by atoms with Crippen LogP contribution in [0, 0.1) is 0 Å². The number of hydrogen-bond acceptors (Lipinski definition) is 8. The SMILES string of the molecule is O=C1[C@H]2N=NN(Cc3nc(-c4ccccc4)no3)[C@H]2C(=O)N1c1cccc(Cl)c1. The number of rotatable bonds is 4. The smallest absolute Gasteiger partial charge is 0.263 e. The van der Waals surface area contributed by atoms with E-state index in [1.165, 1.54) is 5.01 Å². The minimum Gasteiger partial charge on any atom is -0.337 e. The molecule has 2 aliphatic rings. The molecular weight excluding hydrogens is 396 g/mol. The first-order chi connectivity index (χ1) is 14.1. The highest BCUT2D eigenvalue weighted by Crippen LogP contribution is 2.33. The molecule has 1 fully saturated rings. The Morgan fingerprint density at radius 1 is 1.03 bits per heavy atom. The van der Waals surface area contributed by atoms with Crippen LogP contribution in [0.4, 0.5) is 5.69 Å². The number of imide groups is 1. The Hall–Kier alpha value is -3.59. The Balaban J connectivity index is 1.38. The van der Waals surface area contributed by atoms with E-state index < -0.39 is 23.9 Å². The second-order valence-corrected chi connectivity index (χ2v) is 7.00. The maximum absolute atomic E-state index is 13.0. The van der Waals surface area contributed by atoms with E-state index in [1.807, 2.05) is 30.3 Å². The maximum Gasteiger partial charge on any atom is 0.263 e. The highest BCUT2D eigenvalue weighted by Gasteiger charge is 2.55. The molecule has 2 aromatic carbocycles. The molecule has 0 bridgehead atoms. The molecular formula is C19H13ClN6O3.